The summed E-state index contributed by atoms with van der Waals surface area (Å²) in [5.74, 6) is -0.223. The molecule has 4 heteroatoms. The summed E-state index contributed by atoms with van der Waals surface area (Å²) in [7, 11) is 0. The van der Waals surface area contributed by atoms with E-state index >= 15 is 0 Å². The van der Waals surface area contributed by atoms with Crippen molar-refractivity contribution >= 4 is 23.2 Å². The van der Waals surface area contributed by atoms with Crippen molar-refractivity contribution in [3.8, 4) is 0 Å². The zero-order valence-electron chi connectivity index (χ0n) is 9.59. The quantitative estimate of drug-likeness (QED) is 0.876. The molecule has 2 aromatic rings. The van der Waals surface area contributed by atoms with Crippen molar-refractivity contribution in [2.24, 2.45) is 0 Å². The number of benzene rings is 2. The molecule has 0 saturated carbocycles. The third kappa shape index (κ3) is 3.70. The number of hydrogen-bond donors (Lipinski definition) is 1. The molecule has 1 nitrogen and oxygen atoms in total. The van der Waals surface area contributed by atoms with Gasteiger partial charge < -0.3 is 5.32 Å². The van der Waals surface area contributed by atoms with Crippen LogP contribution in [0.5, 0.6) is 0 Å². The van der Waals surface area contributed by atoms with Gasteiger partial charge in [-0.3, -0.25) is 0 Å². The van der Waals surface area contributed by atoms with E-state index in [9.17, 15) is 4.39 Å². The molecule has 2 rings (SSSR count). The van der Waals surface area contributed by atoms with Crippen LogP contribution in [0.4, 0.5) is 4.39 Å². The van der Waals surface area contributed by atoms with E-state index in [1.165, 1.54) is 12.1 Å². The Morgan fingerprint density at radius 1 is 1.00 bits per heavy atom. The highest BCUT2D eigenvalue weighted by Gasteiger charge is 2.01. The summed E-state index contributed by atoms with van der Waals surface area (Å²) in [5.41, 5.74) is 1.87. The molecule has 0 aliphatic heterocycles. The van der Waals surface area contributed by atoms with Crippen molar-refractivity contribution < 1.29 is 4.39 Å². The van der Waals surface area contributed by atoms with E-state index in [1.807, 2.05) is 12.1 Å². The van der Waals surface area contributed by atoms with Crippen molar-refractivity contribution in [3.63, 3.8) is 0 Å². The highest BCUT2D eigenvalue weighted by molar-refractivity contribution is 6.35. The highest BCUT2D eigenvalue weighted by atomic mass is 35.5. The first-order valence-corrected chi connectivity index (χ1v) is 6.30. The van der Waals surface area contributed by atoms with Gasteiger partial charge in [0.05, 0.1) is 0 Å². The molecule has 0 unspecified atom stereocenters. The van der Waals surface area contributed by atoms with Crippen LogP contribution < -0.4 is 5.32 Å². The summed E-state index contributed by atoms with van der Waals surface area (Å²) in [4.78, 5) is 0. The summed E-state index contributed by atoms with van der Waals surface area (Å²) in [6.07, 6.45) is 0. The van der Waals surface area contributed by atoms with Crippen LogP contribution in [0.3, 0.4) is 0 Å². The van der Waals surface area contributed by atoms with E-state index in [2.05, 4.69) is 5.32 Å². The van der Waals surface area contributed by atoms with Gasteiger partial charge in [-0.15, -0.1) is 0 Å². The molecule has 0 fully saturated rings. The SMILES string of the molecule is Fc1cccc(CNCc2ccc(Cl)cc2Cl)c1. The van der Waals surface area contributed by atoms with Gasteiger partial charge in [-0.1, -0.05) is 41.4 Å². The molecule has 0 saturated heterocycles. The highest BCUT2D eigenvalue weighted by Crippen LogP contribution is 2.20. The van der Waals surface area contributed by atoms with Gasteiger partial charge in [0.15, 0.2) is 0 Å². The number of nitrogens with one attached hydrogen (secondary N) is 1. The summed E-state index contributed by atoms with van der Waals surface area (Å²) < 4.78 is 13.0. The molecule has 0 heterocycles. The van der Waals surface area contributed by atoms with Crippen LogP contribution in [-0.4, -0.2) is 0 Å². The lowest BCUT2D eigenvalue weighted by atomic mass is 10.2. The normalized spacial score (nSPS) is 10.6. The monoisotopic (exact) mass is 283 g/mol. The van der Waals surface area contributed by atoms with Gasteiger partial charge in [0.25, 0.3) is 0 Å². The maximum atomic E-state index is 13.0. The van der Waals surface area contributed by atoms with Crippen LogP contribution in [0.2, 0.25) is 10.0 Å². The fourth-order valence-corrected chi connectivity index (χ4v) is 2.13. The largest absolute Gasteiger partial charge is 0.309 e. The molecule has 1 N–H and O–H groups in total. The molecular weight excluding hydrogens is 272 g/mol. The Balaban J connectivity index is 1.92. The Bertz CT molecular complexity index is 543. The Hall–Kier alpha value is -1.09. The topological polar surface area (TPSA) is 12.0 Å². The molecule has 0 aliphatic carbocycles. The summed E-state index contributed by atoms with van der Waals surface area (Å²) in [6, 6.07) is 11.9. The Morgan fingerprint density at radius 3 is 2.56 bits per heavy atom. The van der Waals surface area contributed by atoms with Gasteiger partial charge in [-0.2, -0.15) is 0 Å². The predicted molar refractivity (Wildman–Crippen MR) is 73.4 cm³/mol. The lowest BCUT2D eigenvalue weighted by Crippen LogP contribution is -2.13. The lowest BCUT2D eigenvalue weighted by Gasteiger charge is -2.07. The third-order valence-electron chi connectivity index (χ3n) is 2.55. The maximum Gasteiger partial charge on any atom is 0.123 e. The van der Waals surface area contributed by atoms with Crippen LogP contribution in [0.1, 0.15) is 11.1 Å². The standard InChI is InChI=1S/C14H12Cl2FN/c15-12-5-4-11(14(16)7-12)9-18-8-10-2-1-3-13(17)6-10/h1-7,18H,8-9H2. The van der Waals surface area contributed by atoms with E-state index in [0.29, 0.717) is 23.1 Å². The molecule has 0 bridgehead atoms. The Kier molecular flexibility index (Phi) is 4.59. The Labute approximate surface area is 116 Å². The second kappa shape index (κ2) is 6.19. The molecule has 0 amide bonds. The molecule has 18 heavy (non-hydrogen) atoms. The van der Waals surface area contributed by atoms with Gasteiger partial charge in [-0.05, 0) is 35.4 Å². The molecule has 0 aromatic heterocycles. The minimum absolute atomic E-state index is 0.223. The summed E-state index contributed by atoms with van der Waals surface area (Å²) in [5, 5.41) is 4.46. The maximum absolute atomic E-state index is 13.0. The number of rotatable bonds is 4. The molecular formula is C14H12Cl2FN. The van der Waals surface area contributed by atoms with E-state index in [1.54, 1.807) is 18.2 Å². The fraction of sp³-hybridized carbons (Fsp3) is 0.143. The zero-order chi connectivity index (χ0) is 13.0. The van der Waals surface area contributed by atoms with Gasteiger partial charge in [0, 0.05) is 23.1 Å². The van der Waals surface area contributed by atoms with Crippen molar-refractivity contribution in [2.75, 3.05) is 0 Å². The van der Waals surface area contributed by atoms with Crippen LogP contribution in [-0.2, 0) is 13.1 Å². The molecule has 0 radical (unpaired) electrons. The molecule has 0 spiro atoms. The molecule has 94 valence electrons. The third-order valence-corrected chi connectivity index (χ3v) is 3.14. The smallest absolute Gasteiger partial charge is 0.123 e. The molecule has 0 aliphatic rings. The summed E-state index contributed by atoms with van der Waals surface area (Å²) >= 11 is 11.9. The van der Waals surface area contributed by atoms with E-state index in [-0.39, 0.29) is 5.82 Å². The fourth-order valence-electron chi connectivity index (χ4n) is 1.65. The van der Waals surface area contributed by atoms with Crippen LogP contribution in [0.25, 0.3) is 0 Å². The van der Waals surface area contributed by atoms with Gasteiger partial charge in [-0.25, -0.2) is 4.39 Å². The van der Waals surface area contributed by atoms with Gasteiger partial charge >= 0.3 is 0 Å². The van der Waals surface area contributed by atoms with Crippen molar-refractivity contribution in [2.45, 2.75) is 13.1 Å². The van der Waals surface area contributed by atoms with Crippen molar-refractivity contribution in [1.29, 1.82) is 0 Å². The van der Waals surface area contributed by atoms with Crippen molar-refractivity contribution in [1.82, 2.24) is 5.32 Å². The predicted octanol–water partition coefficient (Wildman–Crippen LogP) is 4.42. The Morgan fingerprint density at radius 2 is 1.83 bits per heavy atom. The first-order valence-electron chi connectivity index (χ1n) is 5.54. The molecule has 0 atom stereocenters. The van der Waals surface area contributed by atoms with Crippen LogP contribution in [0.15, 0.2) is 42.5 Å². The van der Waals surface area contributed by atoms with Crippen LogP contribution >= 0.6 is 23.2 Å². The second-order valence-electron chi connectivity index (χ2n) is 3.97. The first-order chi connectivity index (χ1) is 8.65. The van der Waals surface area contributed by atoms with Gasteiger partial charge in [0.1, 0.15) is 5.82 Å². The average molecular weight is 284 g/mol. The van der Waals surface area contributed by atoms with E-state index in [0.717, 1.165) is 11.1 Å². The second-order valence-corrected chi connectivity index (χ2v) is 4.81. The number of halogens is 3. The number of hydrogen-bond acceptors (Lipinski definition) is 1. The average Bonchev–Trinajstić information content (AvgIpc) is 2.32. The zero-order valence-corrected chi connectivity index (χ0v) is 11.1. The van der Waals surface area contributed by atoms with Crippen molar-refractivity contribution in [3.05, 3.63) is 69.5 Å². The van der Waals surface area contributed by atoms with Gasteiger partial charge in [0.2, 0.25) is 0 Å². The first kappa shape index (κ1) is 13.3. The summed E-state index contributed by atoms with van der Waals surface area (Å²) in [6.45, 7) is 1.21. The van der Waals surface area contributed by atoms with E-state index < -0.39 is 0 Å². The molecule has 2 aromatic carbocycles. The minimum atomic E-state index is -0.223. The lowest BCUT2D eigenvalue weighted by molar-refractivity contribution is 0.620. The van der Waals surface area contributed by atoms with E-state index in [4.69, 9.17) is 23.2 Å². The van der Waals surface area contributed by atoms with Crippen LogP contribution in [0, 0.1) is 5.82 Å². The minimum Gasteiger partial charge on any atom is -0.309 e.